The fourth-order valence-electron chi connectivity index (χ4n) is 2.55. The second-order valence-corrected chi connectivity index (χ2v) is 5.22. The van der Waals surface area contributed by atoms with E-state index in [2.05, 4.69) is 31.8 Å². The maximum atomic E-state index is 5.26. The Balaban J connectivity index is 2.74. The molecule has 1 heterocycles. The predicted molar refractivity (Wildman–Crippen MR) is 73.7 cm³/mol. The number of hydrogen-bond donors (Lipinski definition) is 1. The maximum Gasteiger partial charge on any atom is 0.136 e. The Hall–Kier alpha value is -0.920. The second-order valence-electron chi connectivity index (χ2n) is 5.22. The van der Waals surface area contributed by atoms with Crippen LogP contribution in [0.2, 0.25) is 0 Å². The zero-order chi connectivity index (χ0) is 12.7. The summed E-state index contributed by atoms with van der Waals surface area (Å²) in [4.78, 5) is 3.38. The van der Waals surface area contributed by atoms with Crippen LogP contribution in [-0.2, 0) is 5.41 Å². The Labute approximate surface area is 106 Å². The van der Waals surface area contributed by atoms with E-state index in [9.17, 15) is 0 Å². The van der Waals surface area contributed by atoms with E-state index in [1.807, 2.05) is 6.20 Å². The van der Waals surface area contributed by atoms with Gasteiger partial charge in [0.2, 0.25) is 0 Å². The first-order valence-corrected chi connectivity index (χ1v) is 6.89. The molecule has 0 aliphatic heterocycles. The van der Waals surface area contributed by atoms with Gasteiger partial charge in [0, 0.05) is 23.4 Å². The van der Waals surface area contributed by atoms with Crippen LogP contribution in [-0.4, -0.2) is 12.1 Å². The third-order valence-electron chi connectivity index (χ3n) is 3.68. The standard InChI is InChI=1S/C15H27NO/c1-5-7-8-10-15(3,9-6-2)14-11-13(17-4)12-16-14/h11-12,16H,5-10H2,1-4H3. The van der Waals surface area contributed by atoms with Crippen molar-refractivity contribution in [3.63, 3.8) is 0 Å². The summed E-state index contributed by atoms with van der Waals surface area (Å²) in [6.07, 6.45) is 9.62. The molecule has 1 aromatic rings. The number of ether oxygens (including phenoxy) is 1. The lowest BCUT2D eigenvalue weighted by Gasteiger charge is -2.28. The van der Waals surface area contributed by atoms with E-state index < -0.39 is 0 Å². The first-order chi connectivity index (χ1) is 8.16. The number of unbranched alkanes of at least 4 members (excludes halogenated alkanes) is 2. The summed E-state index contributed by atoms with van der Waals surface area (Å²) in [6.45, 7) is 6.89. The minimum atomic E-state index is 0.278. The molecule has 0 aliphatic carbocycles. The van der Waals surface area contributed by atoms with Gasteiger partial charge in [-0.05, 0) is 12.8 Å². The molecule has 0 spiro atoms. The van der Waals surface area contributed by atoms with Crippen molar-refractivity contribution < 1.29 is 4.74 Å². The van der Waals surface area contributed by atoms with E-state index in [1.54, 1.807) is 7.11 Å². The summed E-state index contributed by atoms with van der Waals surface area (Å²) in [7, 11) is 1.72. The van der Waals surface area contributed by atoms with Crippen molar-refractivity contribution in [2.24, 2.45) is 0 Å². The molecule has 1 unspecified atom stereocenters. The lowest BCUT2D eigenvalue weighted by molar-refractivity contribution is 0.369. The van der Waals surface area contributed by atoms with Crippen LogP contribution in [0.4, 0.5) is 0 Å². The van der Waals surface area contributed by atoms with Crippen molar-refractivity contribution in [2.75, 3.05) is 7.11 Å². The first-order valence-electron chi connectivity index (χ1n) is 6.89. The van der Waals surface area contributed by atoms with Gasteiger partial charge in [-0.1, -0.05) is 46.5 Å². The highest BCUT2D eigenvalue weighted by atomic mass is 16.5. The van der Waals surface area contributed by atoms with E-state index in [1.165, 1.54) is 44.2 Å². The summed E-state index contributed by atoms with van der Waals surface area (Å²) in [5.41, 5.74) is 1.60. The Bertz CT molecular complexity index is 318. The van der Waals surface area contributed by atoms with E-state index in [0.717, 1.165) is 5.75 Å². The predicted octanol–water partition coefficient (Wildman–Crippen LogP) is 4.66. The zero-order valence-corrected chi connectivity index (χ0v) is 11.8. The van der Waals surface area contributed by atoms with E-state index in [4.69, 9.17) is 4.74 Å². The van der Waals surface area contributed by atoms with Gasteiger partial charge in [0.15, 0.2) is 0 Å². The molecular weight excluding hydrogens is 210 g/mol. The average Bonchev–Trinajstić information content (AvgIpc) is 2.79. The van der Waals surface area contributed by atoms with Crippen LogP contribution in [0.3, 0.4) is 0 Å². The topological polar surface area (TPSA) is 25.0 Å². The summed E-state index contributed by atoms with van der Waals surface area (Å²) in [5.74, 6) is 0.942. The van der Waals surface area contributed by atoms with Crippen LogP contribution >= 0.6 is 0 Å². The molecule has 0 saturated carbocycles. The van der Waals surface area contributed by atoms with E-state index in [-0.39, 0.29) is 5.41 Å². The van der Waals surface area contributed by atoms with Crippen LogP contribution in [0.5, 0.6) is 5.75 Å². The molecule has 0 radical (unpaired) electrons. The molecule has 1 rings (SSSR count). The van der Waals surface area contributed by atoms with Crippen LogP contribution in [0, 0.1) is 0 Å². The second kappa shape index (κ2) is 6.73. The first kappa shape index (κ1) is 14.1. The Kier molecular flexibility index (Phi) is 5.60. The van der Waals surface area contributed by atoms with Crippen molar-refractivity contribution >= 4 is 0 Å². The van der Waals surface area contributed by atoms with Gasteiger partial charge in [0.25, 0.3) is 0 Å². The monoisotopic (exact) mass is 237 g/mol. The number of nitrogens with one attached hydrogen (secondary N) is 1. The summed E-state index contributed by atoms with van der Waals surface area (Å²) < 4.78 is 5.26. The molecule has 1 aromatic heterocycles. The van der Waals surface area contributed by atoms with Crippen molar-refractivity contribution in [3.8, 4) is 5.75 Å². The van der Waals surface area contributed by atoms with Gasteiger partial charge in [-0.15, -0.1) is 0 Å². The van der Waals surface area contributed by atoms with Gasteiger partial charge < -0.3 is 9.72 Å². The quantitative estimate of drug-likeness (QED) is 0.653. The number of rotatable bonds is 8. The largest absolute Gasteiger partial charge is 0.495 e. The van der Waals surface area contributed by atoms with Crippen molar-refractivity contribution in [2.45, 2.75) is 64.7 Å². The van der Waals surface area contributed by atoms with Gasteiger partial charge in [0.05, 0.1) is 7.11 Å². The minimum Gasteiger partial charge on any atom is -0.495 e. The van der Waals surface area contributed by atoms with Gasteiger partial charge in [-0.3, -0.25) is 0 Å². The highest BCUT2D eigenvalue weighted by Crippen LogP contribution is 2.35. The smallest absolute Gasteiger partial charge is 0.136 e. The van der Waals surface area contributed by atoms with Crippen LogP contribution in [0.25, 0.3) is 0 Å². The molecule has 0 amide bonds. The number of hydrogen-bond acceptors (Lipinski definition) is 1. The maximum absolute atomic E-state index is 5.26. The molecule has 2 nitrogen and oxygen atoms in total. The van der Waals surface area contributed by atoms with Crippen LogP contribution < -0.4 is 4.74 Å². The molecule has 0 saturated heterocycles. The highest BCUT2D eigenvalue weighted by molar-refractivity contribution is 5.28. The molecule has 0 fully saturated rings. The molecule has 1 atom stereocenters. The van der Waals surface area contributed by atoms with Gasteiger partial charge >= 0.3 is 0 Å². The molecule has 0 aliphatic rings. The number of aromatic nitrogens is 1. The Morgan fingerprint density at radius 1 is 1.18 bits per heavy atom. The fraction of sp³-hybridized carbons (Fsp3) is 0.733. The van der Waals surface area contributed by atoms with Crippen molar-refractivity contribution in [1.29, 1.82) is 0 Å². The summed E-state index contributed by atoms with van der Waals surface area (Å²) in [6, 6.07) is 2.15. The SMILES string of the molecule is CCCCCC(C)(CCC)c1cc(OC)c[nH]1. The normalized spacial score (nSPS) is 14.6. The van der Waals surface area contributed by atoms with E-state index in [0.29, 0.717) is 0 Å². The molecule has 2 heteroatoms. The molecular formula is C15H27NO. The summed E-state index contributed by atoms with van der Waals surface area (Å²) in [5, 5.41) is 0. The molecule has 17 heavy (non-hydrogen) atoms. The molecule has 0 aromatic carbocycles. The zero-order valence-electron chi connectivity index (χ0n) is 11.8. The van der Waals surface area contributed by atoms with Crippen LogP contribution in [0.1, 0.15) is 65.0 Å². The lowest BCUT2D eigenvalue weighted by Crippen LogP contribution is -2.22. The van der Waals surface area contributed by atoms with Crippen molar-refractivity contribution in [1.82, 2.24) is 4.98 Å². The van der Waals surface area contributed by atoms with Gasteiger partial charge in [-0.2, -0.15) is 0 Å². The molecule has 0 bridgehead atoms. The molecule has 1 N–H and O–H groups in total. The Morgan fingerprint density at radius 2 is 1.94 bits per heavy atom. The van der Waals surface area contributed by atoms with Crippen molar-refractivity contribution in [3.05, 3.63) is 18.0 Å². The number of aromatic amines is 1. The molecule has 98 valence electrons. The summed E-state index contributed by atoms with van der Waals surface area (Å²) >= 11 is 0. The number of H-pyrrole nitrogens is 1. The lowest BCUT2D eigenvalue weighted by atomic mass is 9.78. The fourth-order valence-corrected chi connectivity index (χ4v) is 2.55. The van der Waals surface area contributed by atoms with Crippen LogP contribution in [0.15, 0.2) is 12.3 Å². The van der Waals surface area contributed by atoms with Gasteiger partial charge in [-0.25, -0.2) is 0 Å². The third-order valence-corrected chi connectivity index (χ3v) is 3.68. The third kappa shape index (κ3) is 3.79. The van der Waals surface area contributed by atoms with Gasteiger partial charge in [0.1, 0.15) is 5.75 Å². The highest BCUT2D eigenvalue weighted by Gasteiger charge is 2.26. The Morgan fingerprint density at radius 3 is 2.47 bits per heavy atom. The van der Waals surface area contributed by atoms with E-state index >= 15 is 0 Å². The minimum absolute atomic E-state index is 0.278. The average molecular weight is 237 g/mol. The number of methoxy groups -OCH3 is 1.